The van der Waals surface area contributed by atoms with E-state index in [0.29, 0.717) is 0 Å². The van der Waals surface area contributed by atoms with E-state index in [1.807, 2.05) is 6.07 Å². The summed E-state index contributed by atoms with van der Waals surface area (Å²) in [5.74, 6) is 0. The maximum atomic E-state index is 6.15. The Hall–Kier alpha value is -0.0169. The molecule has 1 rings (SSSR count). The molecule has 0 aliphatic carbocycles. The van der Waals surface area contributed by atoms with Gasteiger partial charge in [-0.25, -0.2) is 0 Å². The first-order valence-electron chi connectivity index (χ1n) is 7.72. The topological polar surface area (TPSA) is 27.7 Å². The molecule has 0 bridgehead atoms. The summed E-state index contributed by atoms with van der Waals surface area (Å²) >= 11 is -3.45. The van der Waals surface area contributed by atoms with Crippen LogP contribution in [0.5, 0.6) is 0 Å². The van der Waals surface area contributed by atoms with Gasteiger partial charge in [-0.1, -0.05) is 0 Å². The van der Waals surface area contributed by atoms with Gasteiger partial charge in [-0.3, -0.25) is 0 Å². The Balaban J connectivity index is 2.81. The van der Waals surface area contributed by atoms with E-state index in [1.54, 1.807) is 0 Å². The SMILES string of the molecule is CCC[O][Zr]([CH2]c1ccccc1)([O]CCC)[O]CCC. The molecular formula is C16H28O3Zr. The van der Waals surface area contributed by atoms with Crippen LogP contribution in [0.3, 0.4) is 0 Å². The standard InChI is InChI=1S/C7H7.3C3H7O.Zr/c1-7-5-3-2-4-6-7;3*1-2-3-4;/h2-6H,1H2;3*2-3H2,1H3;/q;3*-1;+3. The summed E-state index contributed by atoms with van der Waals surface area (Å²) < 4.78 is 19.3. The molecule has 0 aliphatic rings. The van der Waals surface area contributed by atoms with Gasteiger partial charge in [-0.15, -0.1) is 0 Å². The summed E-state index contributed by atoms with van der Waals surface area (Å²) in [6.07, 6.45) is 3.00. The van der Waals surface area contributed by atoms with Crippen LogP contribution >= 0.6 is 0 Å². The Morgan fingerprint density at radius 2 is 1.20 bits per heavy atom. The summed E-state index contributed by atoms with van der Waals surface area (Å²) in [5.41, 5.74) is 1.26. The molecule has 1 aromatic carbocycles. The molecule has 0 atom stereocenters. The van der Waals surface area contributed by atoms with Gasteiger partial charge in [0.15, 0.2) is 0 Å². The third kappa shape index (κ3) is 6.62. The van der Waals surface area contributed by atoms with Crippen LogP contribution in [-0.2, 0) is 34.2 Å². The van der Waals surface area contributed by atoms with E-state index >= 15 is 0 Å². The zero-order valence-electron chi connectivity index (χ0n) is 13.1. The molecule has 0 saturated heterocycles. The van der Waals surface area contributed by atoms with E-state index in [9.17, 15) is 0 Å². The van der Waals surface area contributed by atoms with E-state index in [1.165, 1.54) is 5.56 Å². The van der Waals surface area contributed by atoms with E-state index in [2.05, 4.69) is 45.0 Å². The minimum atomic E-state index is -3.45. The van der Waals surface area contributed by atoms with Gasteiger partial charge in [-0.05, 0) is 0 Å². The van der Waals surface area contributed by atoms with Crippen molar-refractivity contribution in [1.29, 1.82) is 0 Å². The van der Waals surface area contributed by atoms with E-state index in [4.69, 9.17) is 8.44 Å². The molecule has 114 valence electrons. The first kappa shape index (κ1) is 18.0. The van der Waals surface area contributed by atoms with Gasteiger partial charge in [0, 0.05) is 0 Å². The fourth-order valence-corrected chi connectivity index (χ4v) is 8.87. The molecule has 1 aromatic rings. The predicted octanol–water partition coefficient (Wildman–Crippen LogP) is 4.37. The second-order valence-corrected chi connectivity index (χ2v) is 11.2. The molecule has 0 spiro atoms. The summed E-state index contributed by atoms with van der Waals surface area (Å²) in [4.78, 5) is 0. The van der Waals surface area contributed by atoms with Gasteiger partial charge in [-0.2, -0.15) is 0 Å². The number of hydrogen-bond acceptors (Lipinski definition) is 3. The molecule has 0 aliphatic heterocycles. The Morgan fingerprint density at radius 1 is 0.750 bits per heavy atom. The fraction of sp³-hybridized carbons (Fsp3) is 0.625. The van der Waals surface area contributed by atoms with Crippen molar-refractivity contribution in [2.75, 3.05) is 19.8 Å². The van der Waals surface area contributed by atoms with E-state index in [0.717, 1.165) is 43.2 Å². The molecule has 0 amide bonds. The van der Waals surface area contributed by atoms with Crippen molar-refractivity contribution in [3.8, 4) is 0 Å². The summed E-state index contributed by atoms with van der Waals surface area (Å²) in [6, 6.07) is 10.4. The molecule has 0 unspecified atom stereocenters. The summed E-state index contributed by atoms with van der Waals surface area (Å²) in [6.45, 7) is 8.57. The summed E-state index contributed by atoms with van der Waals surface area (Å²) in [7, 11) is 0. The number of hydrogen-bond donors (Lipinski definition) is 0. The van der Waals surface area contributed by atoms with Crippen LogP contribution in [0.15, 0.2) is 30.3 Å². The molecule has 3 nitrogen and oxygen atoms in total. The van der Waals surface area contributed by atoms with Crippen LogP contribution in [0, 0.1) is 0 Å². The third-order valence-corrected chi connectivity index (χ3v) is 9.66. The first-order chi connectivity index (χ1) is 9.76. The first-order valence-corrected chi connectivity index (χ1v) is 12.5. The predicted molar refractivity (Wildman–Crippen MR) is 78.9 cm³/mol. The van der Waals surface area contributed by atoms with Crippen molar-refractivity contribution >= 4 is 0 Å². The normalized spacial score (nSPS) is 11.8. The van der Waals surface area contributed by atoms with Crippen molar-refractivity contribution in [1.82, 2.24) is 0 Å². The Morgan fingerprint density at radius 3 is 1.60 bits per heavy atom. The van der Waals surface area contributed by atoms with Crippen LogP contribution in [0.1, 0.15) is 45.6 Å². The van der Waals surface area contributed by atoms with Crippen LogP contribution in [0.4, 0.5) is 0 Å². The Labute approximate surface area is 129 Å². The van der Waals surface area contributed by atoms with Crippen LogP contribution in [0.25, 0.3) is 0 Å². The molecule has 0 fully saturated rings. The second kappa shape index (κ2) is 10.7. The number of rotatable bonds is 11. The maximum absolute atomic E-state index is 6.15. The molecular weight excluding hydrogens is 331 g/mol. The molecule has 0 N–H and O–H groups in total. The van der Waals surface area contributed by atoms with Crippen molar-refractivity contribution in [2.24, 2.45) is 0 Å². The average Bonchev–Trinajstić information content (AvgIpc) is 2.49. The van der Waals surface area contributed by atoms with Gasteiger partial charge < -0.3 is 0 Å². The van der Waals surface area contributed by atoms with Crippen molar-refractivity contribution in [3.05, 3.63) is 35.9 Å². The van der Waals surface area contributed by atoms with Gasteiger partial charge in [0.25, 0.3) is 0 Å². The molecule has 4 heteroatoms. The average molecular weight is 360 g/mol. The quantitative estimate of drug-likeness (QED) is 0.587. The fourth-order valence-electron chi connectivity index (χ4n) is 1.90. The van der Waals surface area contributed by atoms with E-state index in [-0.39, 0.29) is 0 Å². The van der Waals surface area contributed by atoms with E-state index < -0.39 is 21.6 Å². The third-order valence-electron chi connectivity index (χ3n) is 2.84. The minimum absolute atomic E-state index is 0.732. The number of benzene rings is 1. The van der Waals surface area contributed by atoms with Gasteiger partial charge in [0.2, 0.25) is 0 Å². The molecule has 20 heavy (non-hydrogen) atoms. The van der Waals surface area contributed by atoms with Gasteiger partial charge in [0.1, 0.15) is 0 Å². The van der Waals surface area contributed by atoms with Crippen LogP contribution in [-0.4, -0.2) is 19.8 Å². The molecule has 0 aromatic heterocycles. The van der Waals surface area contributed by atoms with Crippen LogP contribution < -0.4 is 0 Å². The Bertz CT molecular complexity index is 321. The van der Waals surface area contributed by atoms with Crippen molar-refractivity contribution in [2.45, 2.75) is 44.2 Å². The monoisotopic (exact) mass is 358 g/mol. The molecule has 0 heterocycles. The second-order valence-electron chi connectivity index (χ2n) is 4.89. The zero-order chi connectivity index (χ0) is 14.7. The van der Waals surface area contributed by atoms with Gasteiger partial charge in [0.05, 0.1) is 0 Å². The summed E-state index contributed by atoms with van der Waals surface area (Å²) in [5, 5.41) is 0. The zero-order valence-corrected chi connectivity index (χ0v) is 15.5. The van der Waals surface area contributed by atoms with Gasteiger partial charge >= 0.3 is 130 Å². The molecule has 0 saturated carbocycles. The van der Waals surface area contributed by atoms with Crippen molar-refractivity contribution in [3.63, 3.8) is 0 Å². The van der Waals surface area contributed by atoms with Crippen molar-refractivity contribution < 1.29 is 30.0 Å². The molecule has 0 radical (unpaired) electrons. The Kier molecular flexibility index (Phi) is 9.62. The van der Waals surface area contributed by atoms with Crippen LogP contribution in [0.2, 0.25) is 0 Å².